The Morgan fingerprint density at radius 3 is 2.45 bits per heavy atom. The van der Waals surface area contributed by atoms with Gasteiger partial charge in [-0.1, -0.05) is 30.3 Å². The Morgan fingerprint density at radius 2 is 1.80 bits per heavy atom. The minimum absolute atomic E-state index is 0.600. The van der Waals surface area contributed by atoms with Crippen molar-refractivity contribution in [3.63, 3.8) is 0 Å². The minimum Gasteiger partial charge on any atom is -0.280 e. The highest BCUT2D eigenvalue weighted by Gasteiger charge is 2.07. The smallest absolute Gasteiger partial charge is 0.255 e. The van der Waals surface area contributed by atoms with Gasteiger partial charge in [0.15, 0.2) is 0 Å². The van der Waals surface area contributed by atoms with Crippen LogP contribution in [0.1, 0.15) is 11.1 Å². The maximum absolute atomic E-state index is 12.0. The van der Waals surface area contributed by atoms with Crippen LogP contribution in [0.15, 0.2) is 53.9 Å². The van der Waals surface area contributed by atoms with E-state index in [1.54, 1.807) is 12.1 Å². The molecule has 0 aliphatic rings. The second-order valence-corrected chi connectivity index (χ2v) is 7.13. The fraction of sp³-hybridized carbons (Fsp3) is 0.0667. The van der Waals surface area contributed by atoms with Crippen molar-refractivity contribution in [2.45, 2.75) is 6.92 Å². The largest absolute Gasteiger partial charge is 0.280 e. The molecule has 20 heavy (non-hydrogen) atoms. The van der Waals surface area contributed by atoms with Crippen LogP contribution in [-0.2, 0) is 10.0 Å². The number of hydrogen-bond acceptors (Lipinski definition) is 2. The van der Waals surface area contributed by atoms with Gasteiger partial charge >= 0.3 is 0 Å². The number of rotatable bonds is 4. The van der Waals surface area contributed by atoms with Crippen molar-refractivity contribution in [2.75, 3.05) is 4.72 Å². The summed E-state index contributed by atoms with van der Waals surface area (Å²) in [4.78, 5) is 0. The minimum atomic E-state index is -3.50. The molecule has 0 radical (unpaired) electrons. The highest BCUT2D eigenvalue weighted by atomic mass is 127. The third kappa shape index (κ3) is 4.35. The van der Waals surface area contributed by atoms with E-state index in [4.69, 9.17) is 0 Å². The molecule has 0 saturated carbocycles. The lowest BCUT2D eigenvalue weighted by molar-refractivity contribution is 0.609. The third-order valence-corrected chi connectivity index (χ3v) is 4.35. The van der Waals surface area contributed by atoms with Crippen LogP contribution in [0.2, 0.25) is 0 Å². The zero-order valence-corrected chi connectivity index (χ0v) is 13.9. The first-order chi connectivity index (χ1) is 9.46. The zero-order chi connectivity index (χ0) is 14.6. The van der Waals surface area contributed by atoms with Gasteiger partial charge in [-0.05, 0) is 64.9 Å². The zero-order valence-electron chi connectivity index (χ0n) is 10.9. The Hall–Kier alpha value is -1.34. The van der Waals surface area contributed by atoms with Gasteiger partial charge in [0, 0.05) is 3.57 Å². The topological polar surface area (TPSA) is 46.2 Å². The lowest BCUT2D eigenvalue weighted by atomic mass is 10.2. The summed E-state index contributed by atoms with van der Waals surface area (Å²) in [6.45, 7) is 1.88. The Kier molecular flexibility index (Phi) is 4.82. The summed E-state index contributed by atoms with van der Waals surface area (Å²) < 4.78 is 27.7. The molecule has 0 bridgehead atoms. The van der Waals surface area contributed by atoms with Crippen molar-refractivity contribution >= 4 is 44.4 Å². The SMILES string of the molecule is Cc1cc(I)ccc1NS(=O)(=O)/C=C/c1ccccc1. The molecular weight excluding hydrogens is 385 g/mol. The van der Waals surface area contributed by atoms with Crippen molar-refractivity contribution in [1.29, 1.82) is 0 Å². The molecular formula is C15H14INO2S. The van der Waals surface area contributed by atoms with Gasteiger partial charge < -0.3 is 0 Å². The Bertz CT molecular complexity index is 725. The number of aryl methyl sites for hydroxylation is 1. The maximum Gasteiger partial charge on any atom is 0.255 e. The van der Waals surface area contributed by atoms with E-state index in [1.165, 1.54) is 5.41 Å². The molecule has 0 heterocycles. The van der Waals surface area contributed by atoms with Gasteiger partial charge in [0.05, 0.1) is 11.1 Å². The fourth-order valence-corrected chi connectivity index (χ4v) is 3.25. The number of nitrogens with one attached hydrogen (secondary N) is 1. The first-order valence-corrected chi connectivity index (χ1v) is 8.61. The molecule has 0 saturated heterocycles. The third-order valence-electron chi connectivity index (χ3n) is 2.68. The molecule has 0 unspecified atom stereocenters. The monoisotopic (exact) mass is 399 g/mol. The van der Waals surface area contributed by atoms with Crippen LogP contribution in [-0.4, -0.2) is 8.42 Å². The van der Waals surface area contributed by atoms with E-state index in [2.05, 4.69) is 27.3 Å². The molecule has 104 valence electrons. The van der Waals surface area contributed by atoms with E-state index in [-0.39, 0.29) is 0 Å². The van der Waals surface area contributed by atoms with Crippen LogP contribution < -0.4 is 4.72 Å². The number of anilines is 1. The normalized spacial score (nSPS) is 11.7. The van der Waals surface area contributed by atoms with Gasteiger partial charge in [0.1, 0.15) is 0 Å². The van der Waals surface area contributed by atoms with Crippen LogP contribution in [0, 0.1) is 10.5 Å². The average Bonchev–Trinajstić information content (AvgIpc) is 2.41. The first-order valence-electron chi connectivity index (χ1n) is 5.98. The standard InChI is InChI=1S/C15H14INO2S/c1-12-11-14(16)7-8-15(12)17-20(18,19)10-9-13-5-3-2-4-6-13/h2-11,17H,1H3/b10-9+. The molecule has 0 aromatic heterocycles. The first kappa shape index (κ1) is 15.1. The summed E-state index contributed by atoms with van der Waals surface area (Å²) in [6, 6.07) is 14.9. The van der Waals surface area contributed by atoms with E-state index in [9.17, 15) is 8.42 Å². The summed E-state index contributed by atoms with van der Waals surface area (Å²) in [6.07, 6.45) is 1.57. The number of benzene rings is 2. The molecule has 5 heteroatoms. The van der Waals surface area contributed by atoms with E-state index in [0.29, 0.717) is 5.69 Å². The van der Waals surface area contributed by atoms with E-state index in [0.717, 1.165) is 14.7 Å². The lowest BCUT2D eigenvalue weighted by Gasteiger charge is -2.08. The predicted octanol–water partition coefficient (Wildman–Crippen LogP) is 4.01. The van der Waals surface area contributed by atoms with Gasteiger partial charge in [-0.15, -0.1) is 0 Å². The van der Waals surface area contributed by atoms with Gasteiger partial charge in [-0.2, -0.15) is 0 Å². The number of halogens is 1. The van der Waals surface area contributed by atoms with Gasteiger partial charge in [0.2, 0.25) is 0 Å². The van der Waals surface area contributed by atoms with Crippen molar-refractivity contribution in [1.82, 2.24) is 0 Å². The quantitative estimate of drug-likeness (QED) is 0.790. The Balaban J connectivity index is 2.17. The van der Waals surface area contributed by atoms with Crippen molar-refractivity contribution in [3.05, 3.63) is 68.6 Å². The second kappa shape index (κ2) is 6.41. The summed E-state index contributed by atoms with van der Waals surface area (Å²) in [5.74, 6) is 0. The Labute approximate surface area is 132 Å². The molecule has 0 aliphatic heterocycles. The van der Waals surface area contributed by atoms with Crippen molar-refractivity contribution in [2.24, 2.45) is 0 Å². The molecule has 2 aromatic rings. The molecule has 0 amide bonds. The average molecular weight is 399 g/mol. The van der Waals surface area contributed by atoms with Gasteiger partial charge in [0.25, 0.3) is 10.0 Å². The van der Waals surface area contributed by atoms with Crippen LogP contribution in [0.3, 0.4) is 0 Å². The lowest BCUT2D eigenvalue weighted by Crippen LogP contribution is -2.09. The molecule has 1 N–H and O–H groups in total. The second-order valence-electron chi connectivity index (χ2n) is 4.32. The van der Waals surface area contributed by atoms with Gasteiger partial charge in [-0.3, -0.25) is 4.72 Å². The summed E-state index contributed by atoms with van der Waals surface area (Å²) in [5, 5.41) is 1.18. The van der Waals surface area contributed by atoms with E-state index < -0.39 is 10.0 Å². The molecule has 0 fully saturated rings. The number of sulfonamides is 1. The van der Waals surface area contributed by atoms with Crippen LogP contribution in [0.5, 0.6) is 0 Å². The summed E-state index contributed by atoms with van der Waals surface area (Å²) in [7, 11) is -3.50. The Morgan fingerprint density at radius 1 is 1.10 bits per heavy atom. The van der Waals surface area contributed by atoms with Crippen LogP contribution in [0.25, 0.3) is 6.08 Å². The van der Waals surface area contributed by atoms with Gasteiger partial charge in [-0.25, -0.2) is 8.42 Å². The molecule has 0 spiro atoms. The van der Waals surface area contributed by atoms with E-state index >= 15 is 0 Å². The molecule has 0 atom stereocenters. The highest BCUT2D eigenvalue weighted by molar-refractivity contribution is 14.1. The van der Waals surface area contributed by atoms with E-state index in [1.807, 2.05) is 49.4 Å². The molecule has 2 rings (SSSR count). The summed E-state index contributed by atoms with van der Waals surface area (Å²) in [5.41, 5.74) is 2.34. The number of hydrogen-bond donors (Lipinski definition) is 1. The highest BCUT2D eigenvalue weighted by Crippen LogP contribution is 2.19. The molecule has 2 aromatic carbocycles. The summed E-state index contributed by atoms with van der Waals surface area (Å²) >= 11 is 2.19. The van der Waals surface area contributed by atoms with Crippen molar-refractivity contribution in [3.8, 4) is 0 Å². The maximum atomic E-state index is 12.0. The fourth-order valence-electron chi connectivity index (χ4n) is 1.66. The van der Waals surface area contributed by atoms with Crippen molar-refractivity contribution < 1.29 is 8.42 Å². The van der Waals surface area contributed by atoms with Crippen LogP contribution in [0.4, 0.5) is 5.69 Å². The molecule has 0 aliphatic carbocycles. The van der Waals surface area contributed by atoms with Crippen LogP contribution >= 0.6 is 22.6 Å². The predicted molar refractivity (Wildman–Crippen MR) is 91.9 cm³/mol. The molecule has 3 nitrogen and oxygen atoms in total.